The smallest absolute Gasteiger partial charge is 0.325 e. The van der Waals surface area contributed by atoms with Gasteiger partial charge in [-0.1, -0.05) is 31.2 Å². The van der Waals surface area contributed by atoms with Crippen LogP contribution in [0.2, 0.25) is 0 Å². The van der Waals surface area contributed by atoms with E-state index in [9.17, 15) is 18.8 Å². The molecule has 1 saturated heterocycles. The SMILES string of the molecule is CC[C@@]1(c2ccc(F)cc2)NC(=O)N(CC(=O)N(C)Cc2ccc(N(C)C)cc2)C1=O. The van der Waals surface area contributed by atoms with Crippen LogP contribution in [0.15, 0.2) is 48.5 Å². The van der Waals surface area contributed by atoms with E-state index in [1.165, 1.54) is 29.2 Å². The first-order valence-electron chi connectivity index (χ1n) is 10.1. The van der Waals surface area contributed by atoms with E-state index in [2.05, 4.69) is 5.32 Å². The predicted octanol–water partition coefficient (Wildman–Crippen LogP) is 2.71. The summed E-state index contributed by atoms with van der Waals surface area (Å²) in [6, 6.07) is 12.6. The molecule has 2 aromatic carbocycles. The Morgan fingerprint density at radius 1 is 1.03 bits per heavy atom. The number of hydrogen-bond acceptors (Lipinski definition) is 4. The molecule has 0 aliphatic carbocycles. The number of hydrogen-bond donors (Lipinski definition) is 1. The van der Waals surface area contributed by atoms with Crippen molar-refractivity contribution in [1.82, 2.24) is 15.1 Å². The number of benzene rings is 2. The van der Waals surface area contributed by atoms with Crippen LogP contribution in [0.3, 0.4) is 0 Å². The zero-order valence-corrected chi connectivity index (χ0v) is 18.2. The minimum absolute atomic E-state index is 0.280. The van der Waals surface area contributed by atoms with Gasteiger partial charge >= 0.3 is 6.03 Å². The molecule has 164 valence electrons. The van der Waals surface area contributed by atoms with Crippen molar-refractivity contribution >= 4 is 23.5 Å². The van der Waals surface area contributed by atoms with Gasteiger partial charge in [-0.25, -0.2) is 9.18 Å². The summed E-state index contributed by atoms with van der Waals surface area (Å²) in [6.45, 7) is 1.75. The lowest BCUT2D eigenvalue weighted by molar-refractivity contribution is -0.138. The second kappa shape index (κ2) is 8.75. The van der Waals surface area contributed by atoms with Crippen LogP contribution < -0.4 is 10.2 Å². The predicted molar refractivity (Wildman–Crippen MR) is 116 cm³/mol. The Balaban J connectivity index is 1.71. The van der Waals surface area contributed by atoms with E-state index in [1.54, 1.807) is 14.0 Å². The molecule has 1 N–H and O–H groups in total. The van der Waals surface area contributed by atoms with E-state index in [4.69, 9.17) is 0 Å². The summed E-state index contributed by atoms with van der Waals surface area (Å²) in [7, 11) is 5.53. The van der Waals surface area contributed by atoms with E-state index in [-0.39, 0.29) is 18.9 Å². The van der Waals surface area contributed by atoms with Gasteiger partial charge in [-0.2, -0.15) is 0 Å². The number of rotatable bonds is 7. The molecule has 0 bridgehead atoms. The second-order valence-electron chi connectivity index (χ2n) is 7.90. The lowest BCUT2D eigenvalue weighted by Crippen LogP contribution is -2.45. The maximum Gasteiger partial charge on any atom is 0.325 e. The number of carbonyl (C=O) groups is 3. The molecule has 0 saturated carbocycles. The molecule has 1 atom stereocenters. The highest BCUT2D eigenvalue weighted by Crippen LogP contribution is 2.32. The number of imide groups is 1. The zero-order chi connectivity index (χ0) is 22.8. The van der Waals surface area contributed by atoms with Crippen molar-refractivity contribution < 1.29 is 18.8 Å². The summed E-state index contributed by atoms with van der Waals surface area (Å²) in [6.07, 6.45) is 0.280. The van der Waals surface area contributed by atoms with Crippen LogP contribution in [0.4, 0.5) is 14.9 Å². The van der Waals surface area contributed by atoms with Crippen LogP contribution in [0.5, 0.6) is 0 Å². The highest BCUT2D eigenvalue weighted by molar-refractivity contribution is 6.09. The summed E-state index contributed by atoms with van der Waals surface area (Å²) in [5.74, 6) is -1.30. The summed E-state index contributed by atoms with van der Waals surface area (Å²) in [5.41, 5.74) is 1.17. The van der Waals surface area contributed by atoms with Crippen molar-refractivity contribution in [1.29, 1.82) is 0 Å². The minimum Gasteiger partial charge on any atom is -0.378 e. The summed E-state index contributed by atoms with van der Waals surface area (Å²) < 4.78 is 13.3. The fourth-order valence-electron chi connectivity index (χ4n) is 3.66. The monoisotopic (exact) mass is 426 g/mol. The Labute approximate surface area is 181 Å². The van der Waals surface area contributed by atoms with Crippen molar-refractivity contribution in [3.05, 3.63) is 65.5 Å². The van der Waals surface area contributed by atoms with E-state index in [0.29, 0.717) is 12.1 Å². The van der Waals surface area contributed by atoms with Gasteiger partial charge in [0, 0.05) is 33.4 Å². The summed E-state index contributed by atoms with van der Waals surface area (Å²) >= 11 is 0. The number of likely N-dealkylation sites (N-methyl/N-ethyl adjacent to an activating group) is 1. The minimum atomic E-state index is -1.30. The number of nitrogens with zero attached hydrogens (tertiary/aromatic N) is 3. The third kappa shape index (κ3) is 4.38. The fourth-order valence-corrected chi connectivity index (χ4v) is 3.66. The fraction of sp³-hybridized carbons (Fsp3) is 0.348. The number of anilines is 1. The van der Waals surface area contributed by atoms with Gasteiger partial charge in [-0.05, 0) is 41.8 Å². The van der Waals surface area contributed by atoms with Gasteiger partial charge < -0.3 is 15.1 Å². The van der Waals surface area contributed by atoms with Gasteiger partial charge in [-0.15, -0.1) is 0 Å². The molecule has 2 aromatic rings. The molecule has 1 aliphatic rings. The topological polar surface area (TPSA) is 73.0 Å². The Bertz CT molecular complexity index is 975. The summed E-state index contributed by atoms with van der Waals surface area (Å²) in [5, 5.41) is 2.70. The van der Waals surface area contributed by atoms with Crippen LogP contribution in [-0.4, -0.2) is 55.3 Å². The zero-order valence-electron chi connectivity index (χ0n) is 18.2. The van der Waals surface area contributed by atoms with E-state index >= 15 is 0 Å². The van der Waals surface area contributed by atoms with E-state index in [1.807, 2.05) is 43.3 Å². The Hall–Kier alpha value is -3.42. The van der Waals surface area contributed by atoms with Gasteiger partial charge in [0.25, 0.3) is 5.91 Å². The highest BCUT2D eigenvalue weighted by Gasteiger charge is 2.51. The molecule has 4 amide bonds. The maximum atomic E-state index is 13.3. The van der Waals surface area contributed by atoms with Crippen molar-refractivity contribution in [3.63, 3.8) is 0 Å². The maximum absolute atomic E-state index is 13.3. The molecule has 0 aromatic heterocycles. The average molecular weight is 426 g/mol. The first-order valence-corrected chi connectivity index (χ1v) is 10.1. The van der Waals surface area contributed by atoms with Crippen LogP contribution in [0, 0.1) is 5.82 Å². The first kappa shape index (κ1) is 22.3. The number of urea groups is 1. The Kier molecular flexibility index (Phi) is 6.29. The molecule has 1 aliphatic heterocycles. The molecule has 0 radical (unpaired) electrons. The van der Waals surface area contributed by atoms with Crippen LogP contribution >= 0.6 is 0 Å². The average Bonchev–Trinajstić information content (AvgIpc) is 2.99. The van der Waals surface area contributed by atoms with Gasteiger partial charge in [0.05, 0.1) is 0 Å². The quantitative estimate of drug-likeness (QED) is 0.691. The molecular weight excluding hydrogens is 399 g/mol. The first-order chi connectivity index (χ1) is 14.7. The van der Waals surface area contributed by atoms with Gasteiger partial charge in [0.2, 0.25) is 5.91 Å². The standard InChI is InChI=1S/C23H27FN4O3/c1-5-23(17-8-10-18(24)11-9-17)21(30)28(22(31)25-23)15-20(29)27(4)14-16-6-12-19(13-7-16)26(2)3/h6-13H,5,14-15H2,1-4H3,(H,25,31)/t23-/m0/s1. The molecule has 31 heavy (non-hydrogen) atoms. The van der Waals surface area contributed by atoms with E-state index in [0.717, 1.165) is 16.2 Å². The number of halogens is 1. The van der Waals surface area contributed by atoms with Crippen molar-refractivity contribution in [2.75, 3.05) is 32.6 Å². The van der Waals surface area contributed by atoms with Crippen molar-refractivity contribution in [2.24, 2.45) is 0 Å². The molecule has 1 fully saturated rings. The third-order valence-corrected chi connectivity index (χ3v) is 5.63. The number of carbonyl (C=O) groups excluding carboxylic acids is 3. The summed E-state index contributed by atoms with van der Waals surface area (Å²) in [4.78, 5) is 42.8. The van der Waals surface area contributed by atoms with Gasteiger partial charge in [-0.3, -0.25) is 14.5 Å². The highest BCUT2D eigenvalue weighted by atomic mass is 19.1. The number of nitrogens with one attached hydrogen (secondary N) is 1. The van der Waals surface area contributed by atoms with Crippen molar-refractivity contribution in [3.8, 4) is 0 Å². The molecule has 7 nitrogen and oxygen atoms in total. The normalized spacial score (nSPS) is 18.2. The van der Waals surface area contributed by atoms with Crippen molar-refractivity contribution in [2.45, 2.75) is 25.4 Å². The van der Waals surface area contributed by atoms with Crippen LogP contribution in [0.25, 0.3) is 0 Å². The Morgan fingerprint density at radius 2 is 1.65 bits per heavy atom. The number of amides is 4. The lowest BCUT2D eigenvalue weighted by atomic mass is 9.87. The Morgan fingerprint density at radius 3 is 2.19 bits per heavy atom. The molecule has 0 unspecified atom stereocenters. The second-order valence-corrected chi connectivity index (χ2v) is 7.90. The molecule has 0 spiro atoms. The third-order valence-electron chi connectivity index (χ3n) is 5.63. The molecular formula is C23H27FN4O3. The largest absolute Gasteiger partial charge is 0.378 e. The lowest BCUT2D eigenvalue weighted by Gasteiger charge is -2.26. The van der Waals surface area contributed by atoms with Crippen LogP contribution in [0.1, 0.15) is 24.5 Å². The van der Waals surface area contributed by atoms with E-state index < -0.39 is 23.3 Å². The molecule has 1 heterocycles. The molecule has 3 rings (SSSR count). The van der Waals surface area contributed by atoms with Gasteiger partial charge in [0.15, 0.2) is 0 Å². The van der Waals surface area contributed by atoms with Crippen LogP contribution in [-0.2, 0) is 21.7 Å². The molecule has 8 heteroatoms. The van der Waals surface area contributed by atoms with Gasteiger partial charge in [0.1, 0.15) is 17.9 Å².